The Morgan fingerprint density at radius 2 is 2.10 bits per heavy atom. The fraction of sp³-hybridized carbons (Fsp3) is 0.267. The normalized spacial score (nSPS) is 10.2. The van der Waals surface area contributed by atoms with Gasteiger partial charge in [0.1, 0.15) is 5.82 Å². The molecule has 0 radical (unpaired) electrons. The van der Waals surface area contributed by atoms with Crippen LogP contribution in [0.5, 0.6) is 0 Å². The van der Waals surface area contributed by atoms with E-state index in [0.717, 1.165) is 21.4 Å². The summed E-state index contributed by atoms with van der Waals surface area (Å²) in [7, 11) is 0. The Morgan fingerprint density at radius 3 is 2.86 bits per heavy atom. The third-order valence-corrected chi connectivity index (χ3v) is 3.38. The highest BCUT2D eigenvalue weighted by Crippen LogP contribution is 2.20. The van der Waals surface area contributed by atoms with Crippen LogP contribution in [0.1, 0.15) is 17.7 Å². The minimum Gasteiger partial charge on any atom is -0.368 e. The lowest BCUT2D eigenvalue weighted by Crippen LogP contribution is -2.17. The van der Waals surface area contributed by atoms with Crippen LogP contribution in [0.4, 0.5) is 11.5 Å². The summed E-state index contributed by atoms with van der Waals surface area (Å²) >= 11 is 3.40. The summed E-state index contributed by atoms with van der Waals surface area (Å²) in [6.07, 6.45) is 3.69. The van der Waals surface area contributed by atoms with Crippen LogP contribution in [0.25, 0.3) is 0 Å². The molecule has 0 aliphatic heterocycles. The number of amides is 1. The van der Waals surface area contributed by atoms with E-state index in [0.29, 0.717) is 18.8 Å². The number of aryl methyl sites for hydroxylation is 2. The van der Waals surface area contributed by atoms with Crippen molar-refractivity contribution in [3.8, 4) is 0 Å². The van der Waals surface area contributed by atoms with Crippen molar-refractivity contribution in [2.45, 2.75) is 20.3 Å². The molecule has 110 valence electrons. The Hall–Kier alpha value is -1.95. The third kappa shape index (κ3) is 4.82. The van der Waals surface area contributed by atoms with Crippen LogP contribution in [0.2, 0.25) is 0 Å². The zero-order valence-electron chi connectivity index (χ0n) is 12.0. The van der Waals surface area contributed by atoms with Crippen LogP contribution in [-0.2, 0) is 4.79 Å². The molecule has 0 saturated heterocycles. The largest absolute Gasteiger partial charge is 0.368 e. The quantitative estimate of drug-likeness (QED) is 0.869. The van der Waals surface area contributed by atoms with E-state index in [4.69, 9.17) is 0 Å². The molecule has 21 heavy (non-hydrogen) atoms. The second-order valence-corrected chi connectivity index (χ2v) is 5.65. The summed E-state index contributed by atoms with van der Waals surface area (Å²) in [6.45, 7) is 4.35. The van der Waals surface area contributed by atoms with Crippen LogP contribution in [0.15, 0.2) is 35.1 Å². The van der Waals surface area contributed by atoms with Gasteiger partial charge in [0, 0.05) is 29.3 Å². The van der Waals surface area contributed by atoms with Gasteiger partial charge >= 0.3 is 0 Å². The molecular formula is C15H17BrN4O. The van der Waals surface area contributed by atoms with Crippen molar-refractivity contribution in [3.63, 3.8) is 0 Å². The summed E-state index contributed by atoms with van der Waals surface area (Å²) in [4.78, 5) is 20.2. The number of aromatic nitrogens is 2. The smallest absolute Gasteiger partial charge is 0.226 e. The molecule has 2 aromatic rings. The molecule has 0 spiro atoms. The molecule has 0 bridgehead atoms. The van der Waals surface area contributed by atoms with E-state index in [1.54, 1.807) is 12.4 Å². The van der Waals surface area contributed by atoms with E-state index < -0.39 is 0 Å². The van der Waals surface area contributed by atoms with Gasteiger partial charge in [-0.05, 0) is 31.5 Å². The number of benzene rings is 1. The standard InChI is InChI=1S/C15H17BrN4O/c1-10-3-4-12(16)7-13(10)20-15(21)5-6-18-14-9-17-8-11(2)19-14/h3-4,7-9H,5-6H2,1-2H3,(H,18,19)(H,20,21). The first-order valence-corrected chi connectivity index (χ1v) is 7.42. The number of nitrogens with zero attached hydrogens (tertiary/aromatic N) is 2. The molecule has 1 heterocycles. The fourth-order valence-corrected chi connectivity index (χ4v) is 2.16. The number of halogens is 1. The van der Waals surface area contributed by atoms with E-state index in [2.05, 4.69) is 36.5 Å². The number of nitrogens with one attached hydrogen (secondary N) is 2. The lowest BCUT2D eigenvalue weighted by molar-refractivity contribution is -0.115. The number of rotatable bonds is 5. The first-order valence-electron chi connectivity index (χ1n) is 6.63. The molecule has 0 saturated carbocycles. The first-order chi connectivity index (χ1) is 10.0. The molecule has 5 nitrogen and oxygen atoms in total. The Kier molecular flexibility index (Phi) is 5.27. The van der Waals surface area contributed by atoms with Crippen molar-refractivity contribution >= 4 is 33.3 Å². The predicted octanol–water partition coefficient (Wildman–Crippen LogP) is 3.30. The summed E-state index contributed by atoms with van der Waals surface area (Å²) < 4.78 is 0.941. The molecule has 0 aliphatic carbocycles. The maximum absolute atomic E-state index is 11.9. The van der Waals surface area contributed by atoms with Gasteiger partial charge in [-0.2, -0.15) is 0 Å². The Labute approximate surface area is 132 Å². The molecular weight excluding hydrogens is 332 g/mol. The number of anilines is 2. The maximum Gasteiger partial charge on any atom is 0.226 e. The third-order valence-electron chi connectivity index (χ3n) is 2.89. The molecule has 6 heteroatoms. The van der Waals surface area contributed by atoms with E-state index in [9.17, 15) is 4.79 Å². The van der Waals surface area contributed by atoms with E-state index in [-0.39, 0.29) is 5.91 Å². The lowest BCUT2D eigenvalue weighted by atomic mass is 10.2. The SMILES string of the molecule is Cc1cncc(NCCC(=O)Nc2cc(Br)ccc2C)n1. The van der Waals surface area contributed by atoms with Crippen molar-refractivity contribution in [3.05, 3.63) is 46.3 Å². The van der Waals surface area contributed by atoms with Gasteiger partial charge in [-0.3, -0.25) is 9.78 Å². The van der Waals surface area contributed by atoms with Crippen molar-refractivity contribution in [2.75, 3.05) is 17.2 Å². The van der Waals surface area contributed by atoms with Gasteiger partial charge in [0.05, 0.1) is 11.9 Å². The maximum atomic E-state index is 11.9. The van der Waals surface area contributed by atoms with E-state index >= 15 is 0 Å². The summed E-state index contributed by atoms with van der Waals surface area (Å²) in [5.41, 5.74) is 2.70. The highest BCUT2D eigenvalue weighted by Gasteiger charge is 2.05. The molecule has 1 amide bonds. The van der Waals surface area contributed by atoms with Crippen LogP contribution < -0.4 is 10.6 Å². The Morgan fingerprint density at radius 1 is 1.29 bits per heavy atom. The van der Waals surface area contributed by atoms with Crippen LogP contribution in [0, 0.1) is 13.8 Å². The average Bonchev–Trinajstić information content (AvgIpc) is 2.43. The number of hydrogen-bond donors (Lipinski definition) is 2. The highest BCUT2D eigenvalue weighted by molar-refractivity contribution is 9.10. The van der Waals surface area contributed by atoms with Crippen molar-refractivity contribution in [2.24, 2.45) is 0 Å². The summed E-state index contributed by atoms with van der Waals surface area (Å²) in [5.74, 6) is 0.644. The predicted molar refractivity (Wildman–Crippen MR) is 87.4 cm³/mol. The molecule has 2 rings (SSSR count). The van der Waals surface area contributed by atoms with Gasteiger partial charge in [-0.15, -0.1) is 0 Å². The van der Waals surface area contributed by atoms with Crippen LogP contribution in [0.3, 0.4) is 0 Å². The van der Waals surface area contributed by atoms with Gasteiger partial charge in [0.2, 0.25) is 5.91 Å². The van der Waals surface area contributed by atoms with Gasteiger partial charge in [-0.25, -0.2) is 4.98 Å². The van der Waals surface area contributed by atoms with Crippen molar-refractivity contribution in [1.82, 2.24) is 9.97 Å². The van der Waals surface area contributed by atoms with Crippen LogP contribution in [-0.4, -0.2) is 22.4 Å². The molecule has 1 aromatic carbocycles. The summed E-state index contributed by atoms with van der Waals surface area (Å²) in [5, 5.41) is 5.99. The van der Waals surface area contributed by atoms with E-state index in [1.165, 1.54) is 0 Å². The molecule has 2 N–H and O–H groups in total. The first kappa shape index (κ1) is 15.4. The monoisotopic (exact) mass is 348 g/mol. The lowest BCUT2D eigenvalue weighted by Gasteiger charge is -2.09. The van der Waals surface area contributed by atoms with Crippen molar-refractivity contribution in [1.29, 1.82) is 0 Å². The molecule has 0 fully saturated rings. The zero-order valence-corrected chi connectivity index (χ0v) is 13.6. The van der Waals surface area contributed by atoms with Crippen molar-refractivity contribution < 1.29 is 4.79 Å². The molecule has 0 atom stereocenters. The fourth-order valence-electron chi connectivity index (χ4n) is 1.79. The van der Waals surface area contributed by atoms with Gasteiger partial charge < -0.3 is 10.6 Å². The van der Waals surface area contributed by atoms with E-state index in [1.807, 2.05) is 32.0 Å². The minimum absolute atomic E-state index is 0.0377. The average molecular weight is 349 g/mol. The second-order valence-electron chi connectivity index (χ2n) is 4.73. The number of hydrogen-bond acceptors (Lipinski definition) is 4. The number of carbonyl (C=O) groups is 1. The minimum atomic E-state index is -0.0377. The van der Waals surface area contributed by atoms with Gasteiger partial charge in [0.15, 0.2) is 0 Å². The number of carbonyl (C=O) groups excluding carboxylic acids is 1. The Balaban J connectivity index is 1.84. The zero-order chi connectivity index (χ0) is 15.2. The molecule has 1 aromatic heterocycles. The second kappa shape index (κ2) is 7.17. The summed E-state index contributed by atoms with van der Waals surface area (Å²) in [6, 6.07) is 5.80. The highest BCUT2D eigenvalue weighted by atomic mass is 79.9. The van der Waals surface area contributed by atoms with Gasteiger partial charge in [0.25, 0.3) is 0 Å². The topological polar surface area (TPSA) is 66.9 Å². The molecule has 0 unspecified atom stereocenters. The Bertz CT molecular complexity index is 645. The van der Waals surface area contributed by atoms with Gasteiger partial charge in [-0.1, -0.05) is 22.0 Å². The molecule has 0 aliphatic rings. The van der Waals surface area contributed by atoms with Crippen LogP contribution >= 0.6 is 15.9 Å².